The molecule has 16 heavy (non-hydrogen) atoms. The zero-order valence-electron chi connectivity index (χ0n) is 10.1. The molecule has 1 saturated heterocycles. The monoisotopic (exact) mass is 246 g/mol. The topological polar surface area (TPSA) is 32.3 Å². The van der Waals surface area contributed by atoms with Gasteiger partial charge in [0.15, 0.2) is 0 Å². The molecular formula is C12H23ClN2O. The van der Waals surface area contributed by atoms with E-state index >= 15 is 0 Å². The van der Waals surface area contributed by atoms with Crippen molar-refractivity contribution < 1.29 is 4.79 Å². The van der Waals surface area contributed by atoms with Crippen LogP contribution >= 0.6 is 12.4 Å². The van der Waals surface area contributed by atoms with Crippen LogP contribution in [0.5, 0.6) is 0 Å². The van der Waals surface area contributed by atoms with Gasteiger partial charge in [-0.15, -0.1) is 12.4 Å². The second-order valence-corrected chi connectivity index (χ2v) is 4.81. The zero-order chi connectivity index (χ0) is 10.7. The molecular weight excluding hydrogens is 224 g/mol. The number of amides is 1. The molecule has 0 spiro atoms. The maximum Gasteiger partial charge on any atom is 0.226 e. The Labute approximate surface area is 104 Å². The SMILES string of the molecule is CCCC1CNCCN1C(=O)C1CCC1.Cl. The van der Waals surface area contributed by atoms with Gasteiger partial charge in [0.2, 0.25) is 5.91 Å². The summed E-state index contributed by atoms with van der Waals surface area (Å²) in [6.45, 7) is 5.07. The lowest BCUT2D eigenvalue weighted by atomic mass is 9.83. The van der Waals surface area contributed by atoms with Crippen LogP contribution in [0, 0.1) is 5.92 Å². The summed E-state index contributed by atoms with van der Waals surface area (Å²) in [4.78, 5) is 14.3. The molecule has 4 heteroatoms. The Kier molecular flexibility index (Phi) is 5.56. The van der Waals surface area contributed by atoms with Gasteiger partial charge in [-0.05, 0) is 19.3 Å². The molecule has 1 aliphatic carbocycles. The van der Waals surface area contributed by atoms with E-state index in [0.29, 0.717) is 17.9 Å². The number of rotatable bonds is 3. The van der Waals surface area contributed by atoms with Gasteiger partial charge < -0.3 is 10.2 Å². The molecule has 94 valence electrons. The van der Waals surface area contributed by atoms with Gasteiger partial charge in [-0.1, -0.05) is 19.8 Å². The summed E-state index contributed by atoms with van der Waals surface area (Å²) in [6.07, 6.45) is 5.82. The first-order chi connectivity index (χ1) is 7.33. The van der Waals surface area contributed by atoms with E-state index in [4.69, 9.17) is 0 Å². The first-order valence-electron chi connectivity index (χ1n) is 6.34. The fourth-order valence-corrected chi connectivity index (χ4v) is 2.53. The minimum Gasteiger partial charge on any atom is -0.337 e. The van der Waals surface area contributed by atoms with E-state index in [1.165, 1.54) is 12.8 Å². The molecule has 1 heterocycles. The number of carbonyl (C=O) groups is 1. The molecule has 0 radical (unpaired) electrons. The molecule has 1 aliphatic heterocycles. The lowest BCUT2D eigenvalue weighted by molar-refractivity contribution is -0.141. The second-order valence-electron chi connectivity index (χ2n) is 4.81. The molecule has 0 aromatic carbocycles. The van der Waals surface area contributed by atoms with Crippen LogP contribution in [0.15, 0.2) is 0 Å². The fraction of sp³-hybridized carbons (Fsp3) is 0.917. The van der Waals surface area contributed by atoms with E-state index in [9.17, 15) is 4.79 Å². The molecule has 2 rings (SSSR count). The van der Waals surface area contributed by atoms with Crippen molar-refractivity contribution >= 4 is 18.3 Å². The quantitative estimate of drug-likeness (QED) is 0.824. The van der Waals surface area contributed by atoms with E-state index in [2.05, 4.69) is 17.1 Å². The van der Waals surface area contributed by atoms with Gasteiger partial charge in [0, 0.05) is 31.6 Å². The molecule has 2 aliphatic rings. The normalized spacial score (nSPS) is 25.8. The highest BCUT2D eigenvalue weighted by atomic mass is 35.5. The van der Waals surface area contributed by atoms with Crippen LogP contribution in [0.25, 0.3) is 0 Å². The van der Waals surface area contributed by atoms with E-state index in [1.807, 2.05) is 0 Å². The van der Waals surface area contributed by atoms with Gasteiger partial charge in [0.05, 0.1) is 0 Å². The van der Waals surface area contributed by atoms with Gasteiger partial charge in [-0.2, -0.15) is 0 Å². The van der Waals surface area contributed by atoms with Crippen LogP contribution in [0.3, 0.4) is 0 Å². The van der Waals surface area contributed by atoms with E-state index in [1.54, 1.807) is 0 Å². The van der Waals surface area contributed by atoms with Crippen LogP contribution in [0.2, 0.25) is 0 Å². The molecule has 1 amide bonds. The standard InChI is InChI=1S/C12H22N2O.ClH/c1-2-4-11-9-13-7-8-14(11)12(15)10-5-3-6-10;/h10-11,13H,2-9H2,1H3;1H. The molecule has 0 aromatic rings. The number of piperazine rings is 1. The lowest BCUT2D eigenvalue weighted by Crippen LogP contribution is -2.55. The van der Waals surface area contributed by atoms with Gasteiger partial charge in [0.1, 0.15) is 0 Å². The minimum atomic E-state index is 0. The summed E-state index contributed by atoms with van der Waals surface area (Å²) in [6, 6.07) is 0.455. The van der Waals surface area contributed by atoms with Crippen LogP contribution in [0.1, 0.15) is 39.0 Å². The van der Waals surface area contributed by atoms with E-state index < -0.39 is 0 Å². The Morgan fingerprint density at radius 3 is 2.75 bits per heavy atom. The molecule has 1 N–H and O–H groups in total. The van der Waals surface area contributed by atoms with Gasteiger partial charge in [-0.3, -0.25) is 4.79 Å². The maximum absolute atomic E-state index is 12.2. The summed E-state index contributed by atoms with van der Waals surface area (Å²) >= 11 is 0. The maximum atomic E-state index is 12.2. The first-order valence-corrected chi connectivity index (χ1v) is 6.34. The third-order valence-electron chi connectivity index (χ3n) is 3.71. The molecule has 3 nitrogen and oxygen atoms in total. The third-order valence-corrected chi connectivity index (χ3v) is 3.71. The first kappa shape index (κ1) is 13.8. The van der Waals surface area contributed by atoms with Crippen molar-refractivity contribution in [3.05, 3.63) is 0 Å². The number of nitrogens with one attached hydrogen (secondary N) is 1. The Morgan fingerprint density at radius 1 is 1.44 bits per heavy atom. The van der Waals surface area contributed by atoms with E-state index in [0.717, 1.165) is 38.9 Å². The summed E-state index contributed by atoms with van der Waals surface area (Å²) in [5, 5.41) is 3.39. The molecule has 0 aromatic heterocycles. The summed E-state index contributed by atoms with van der Waals surface area (Å²) in [7, 11) is 0. The van der Waals surface area contributed by atoms with Crippen molar-refractivity contribution in [3.63, 3.8) is 0 Å². The molecule has 2 fully saturated rings. The van der Waals surface area contributed by atoms with Crippen molar-refractivity contribution in [2.75, 3.05) is 19.6 Å². The Bertz CT molecular complexity index is 229. The number of hydrogen-bond acceptors (Lipinski definition) is 2. The van der Waals surface area contributed by atoms with Crippen LogP contribution in [-0.4, -0.2) is 36.5 Å². The molecule has 0 bridgehead atoms. The molecule has 1 unspecified atom stereocenters. The summed E-state index contributed by atoms with van der Waals surface area (Å²) < 4.78 is 0. The van der Waals surface area contributed by atoms with Crippen molar-refractivity contribution in [2.24, 2.45) is 5.92 Å². The Hall–Kier alpha value is -0.280. The predicted octanol–water partition coefficient (Wildman–Crippen LogP) is 1.81. The highest BCUT2D eigenvalue weighted by Gasteiger charge is 2.33. The summed E-state index contributed by atoms with van der Waals surface area (Å²) in [5.74, 6) is 0.795. The minimum absolute atomic E-state index is 0. The Balaban J connectivity index is 0.00000128. The summed E-state index contributed by atoms with van der Waals surface area (Å²) in [5.41, 5.74) is 0. The van der Waals surface area contributed by atoms with Gasteiger partial charge in [-0.25, -0.2) is 0 Å². The number of hydrogen-bond donors (Lipinski definition) is 1. The number of nitrogens with zero attached hydrogens (tertiary/aromatic N) is 1. The van der Waals surface area contributed by atoms with E-state index in [-0.39, 0.29) is 12.4 Å². The average molecular weight is 247 g/mol. The third kappa shape index (κ3) is 2.89. The number of carbonyl (C=O) groups excluding carboxylic acids is 1. The van der Waals surface area contributed by atoms with Crippen molar-refractivity contribution in [2.45, 2.75) is 45.1 Å². The smallest absolute Gasteiger partial charge is 0.226 e. The van der Waals surface area contributed by atoms with Gasteiger partial charge >= 0.3 is 0 Å². The van der Waals surface area contributed by atoms with Crippen molar-refractivity contribution in [1.29, 1.82) is 0 Å². The van der Waals surface area contributed by atoms with Gasteiger partial charge in [0.25, 0.3) is 0 Å². The lowest BCUT2D eigenvalue weighted by Gasteiger charge is -2.40. The zero-order valence-corrected chi connectivity index (χ0v) is 10.9. The van der Waals surface area contributed by atoms with Crippen LogP contribution in [-0.2, 0) is 4.79 Å². The van der Waals surface area contributed by atoms with Crippen molar-refractivity contribution in [3.8, 4) is 0 Å². The van der Waals surface area contributed by atoms with Crippen LogP contribution in [0.4, 0.5) is 0 Å². The van der Waals surface area contributed by atoms with Crippen molar-refractivity contribution in [1.82, 2.24) is 10.2 Å². The highest BCUT2D eigenvalue weighted by Crippen LogP contribution is 2.29. The number of halogens is 1. The molecule has 1 saturated carbocycles. The fourth-order valence-electron chi connectivity index (χ4n) is 2.53. The second kappa shape index (κ2) is 6.45. The Morgan fingerprint density at radius 2 is 2.19 bits per heavy atom. The average Bonchev–Trinajstić information content (AvgIpc) is 2.16. The molecule has 1 atom stereocenters. The largest absolute Gasteiger partial charge is 0.337 e. The van der Waals surface area contributed by atoms with Crippen LogP contribution < -0.4 is 5.32 Å². The highest BCUT2D eigenvalue weighted by molar-refractivity contribution is 5.85. The predicted molar refractivity (Wildman–Crippen MR) is 67.9 cm³/mol.